The van der Waals surface area contributed by atoms with Gasteiger partial charge in [0.15, 0.2) is 0 Å². The third-order valence-corrected chi connectivity index (χ3v) is 8.15. The Bertz CT molecular complexity index is 1290. The fourth-order valence-corrected chi connectivity index (χ4v) is 5.96. The van der Waals surface area contributed by atoms with Gasteiger partial charge >= 0.3 is 0 Å². The Labute approximate surface area is 238 Å². The van der Waals surface area contributed by atoms with E-state index in [0.29, 0.717) is 25.1 Å². The van der Waals surface area contributed by atoms with E-state index in [0.717, 1.165) is 54.8 Å². The number of hydrogen-bond donors (Lipinski definition) is 2. The highest BCUT2D eigenvalue weighted by Crippen LogP contribution is 2.51. The van der Waals surface area contributed by atoms with E-state index < -0.39 is 0 Å². The molecular formula is C31H43N7O2. The van der Waals surface area contributed by atoms with Gasteiger partial charge in [0.1, 0.15) is 11.7 Å². The molecule has 4 heterocycles. The molecule has 1 aromatic carbocycles. The molecule has 0 aliphatic carbocycles. The molecule has 5 rings (SSSR count). The first kappa shape index (κ1) is 28.3. The first-order chi connectivity index (χ1) is 19.1. The van der Waals surface area contributed by atoms with Crippen LogP contribution in [-0.4, -0.2) is 73.4 Å². The van der Waals surface area contributed by atoms with E-state index in [1.165, 1.54) is 5.69 Å². The van der Waals surface area contributed by atoms with Crippen molar-refractivity contribution in [2.45, 2.75) is 64.1 Å². The zero-order valence-corrected chi connectivity index (χ0v) is 24.7. The second-order valence-electron chi connectivity index (χ2n) is 11.8. The summed E-state index contributed by atoms with van der Waals surface area (Å²) in [6.45, 7) is 18.5. The van der Waals surface area contributed by atoms with Crippen molar-refractivity contribution >= 4 is 29.0 Å². The number of nitrogens with zero attached hydrogens (tertiary/aromatic N) is 5. The minimum absolute atomic E-state index is 0.114. The maximum atomic E-state index is 6.35. The number of aliphatic imine (C=N–C) groups is 1. The van der Waals surface area contributed by atoms with E-state index in [1.54, 1.807) is 0 Å². The summed E-state index contributed by atoms with van der Waals surface area (Å²) in [5.41, 5.74) is 3.43. The molecule has 1 aromatic heterocycles. The number of morpholine rings is 1. The normalized spacial score (nSPS) is 26.1. The summed E-state index contributed by atoms with van der Waals surface area (Å²) in [7, 11) is 1.90. The topological polar surface area (TPSA) is 87.1 Å². The molecule has 2 saturated heterocycles. The number of aromatic nitrogens is 2. The Morgan fingerprint density at radius 2 is 2.02 bits per heavy atom. The number of rotatable bonds is 7. The number of fused-ring (bicyclic) bond motifs is 3. The van der Waals surface area contributed by atoms with Crippen LogP contribution in [0.2, 0.25) is 0 Å². The summed E-state index contributed by atoms with van der Waals surface area (Å²) in [5.74, 6) is 2.23. The minimum atomic E-state index is -0.271. The maximum Gasteiger partial charge on any atom is 0.229 e. The quantitative estimate of drug-likeness (QED) is 0.379. The lowest BCUT2D eigenvalue weighted by atomic mass is 9.73. The molecule has 2 fully saturated rings. The summed E-state index contributed by atoms with van der Waals surface area (Å²) in [5, 5.41) is 6.58. The smallest absolute Gasteiger partial charge is 0.229 e. The van der Waals surface area contributed by atoms with Gasteiger partial charge in [0.05, 0.1) is 31.5 Å². The summed E-state index contributed by atoms with van der Waals surface area (Å²) < 4.78 is 11.9. The van der Waals surface area contributed by atoms with Crippen LogP contribution in [0.15, 0.2) is 59.9 Å². The second-order valence-corrected chi connectivity index (χ2v) is 11.8. The van der Waals surface area contributed by atoms with Gasteiger partial charge in [0.25, 0.3) is 0 Å². The molecule has 3 aliphatic heterocycles. The van der Waals surface area contributed by atoms with E-state index in [-0.39, 0.29) is 17.1 Å². The van der Waals surface area contributed by atoms with E-state index in [4.69, 9.17) is 24.4 Å². The first-order valence-electron chi connectivity index (χ1n) is 14.2. The predicted molar refractivity (Wildman–Crippen MR) is 163 cm³/mol. The van der Waals surface area contributed by atoms with Crippen LogP contribution in [0.3, 0.4) is 0 Å². The molecule has 3 aliphatic rings. The first-order valence-corrected chi connectivity index (χ1v) is 14.2. The number of likely N-dealkylation sites (N-methyl/N-ethyl adjacent to an activating group) is 1. The summed E-state index contributed by atoms with van der Waals surface area (Å²) in [6, 6.07) is 8.92. The highest BCUT2D eigenvalue weighted by Gasteiger charge is 2.55. The average molecular weight is 546 g/mol. The third-order valence-electron chi connectivity index (χ3n) is 8.15. The van der Waals surface area contributed by atoms with Gasteiger partial charge in [-0.1, -0.05) is 19.6 Å². The number of hydrogen-bond acceptors (Lipinski definition) is 8. The van der Waals surface area contributed by atoms with Gasteiger partial charge in [-0.25, -0.2) is 9.98 Å². The summed E-state index contributed by atoms with van der Waals surface area (Å²) in [6.07, 6.45) is 6.85. The van der Waals surface area contributed by atoms with Crippen LogP contribution in [0.4, 0.5) is 23.1 Å². The molecule has 0 bridgehead atoms. The van der Waals surface area contributed by atoms with Crippen LogP contribution in [0, 0.1) is 0 Å². The van der Waals surface area contributed by atoms with Crippen molar-refractivity contribution in [2.24, 2.45) is 4.99 Å². The van der Waals surface area contributed by atoms with Crippen molar-refractivity contribution in [3.63, 3.8) is 0 Å². The lowest BCUT2D eigenvalue weighted by molar-refractivity contribution is -0.0889. The van der Waals surface area contributed by atoms with Crippen LogP contribution in [0.25, 0.3) is 0 Å². The van der Waals surface area contributed by atoms with Crippen molar-refractivity contribution in [3.05, 3.63) is 60.5 Å². The van der Waals surface area contributed by atoms with Gasteiger partial charge in [-0.2, -0.15) is 4.98 Å². The second kappa shape index (κ2) is 11.3. The van der Waals surface area contributed by atoms with E-state index in [9.17, 15) is 0 Å². The monoisotopic (exact) mass is 545 g/mol. The molecule has 9 heteroatoms. The van der Waals surface area contributed by atoms with Gasteiger partial charge in [-0.3, -0.25) is 0 Å². The summed E-state index contributed by atoms with van der Waals surface area (Å²) >= 11 is 0. The van der Waals surface area contributed by atoms with Crippen molar-refractivity contribution < 1.29 is 9.47 Å². The third kappa shape index (κ3) is 5.50. The standard InChI is InChI=1S/C31H43N7O2/c1-8-9-27(34-21(2)17-32-7)38-26-16-30(4,5)40-20-31(26,6)25-18-33-29(36-28(25)38)35-23-10-12-24(13-11-23)37-14-15-39-19-22(37)3/h8-13,18,22,26,32H,2,14-17,19-20H2,1,3-7H3,(H,33,35,36)/b9-8-,34-27+/t22-,26-,31-/m1/s1. The molecule has 2 N–H and O–H groups in total. The van der Waals surface area contributed by atoms with Crippen molar-refractivity contribution in [1.82, 2.24) is 15.3 Å². The number of allylic oxidation sites excluding steroid dienone is 1. The van der Waals surface area contributed by atoms with Gasteiger partial charge < -0.3 is 29.9 Å². The number of anilines is 4. The largest absolute Gasteiger partial charge is 0.377 e. The van der Waals surface area contributed by atoms with Gasteiger partial charge in [0, 0.05) is 53.4 Å². The van der Waals surface area contributed by atoms with Gasteiger partial charge in [-0.15, -0.1) is 0 Å². The van der Waals surface area contributed by atoms with Crippen LogP contribution < -0.4 is 20.4 Å². The highest BCUT2D eigenvalue weighted by atomic mass is 16.5. The predicted octanol–water partition coefficient (Wildman–Crippen LogP) is 4.80. The fraction of sp³-hybridized carbons (Fsp3) is 0.516. The Hall–Kier alpha value is -3.27. The van der Waals surface area contributed by atoms with Crippen molar-refractivity contribution in [2.75, 3.05) is 55.1 Å². The molecule has 0 unspecified atom stereocenters. The van der Waals surface area contributed by atoms with E-state index >= 15 is 0 Å². The molecule has 40 heavy (non-hydrogen) atoms. The molecule has 214 valence electrons. The minimum Gasteiger partial charge on any atom is -0.377 e. The van der Waals surface area contributed by atoms with Crippen LogP contribution in [-0.2, 0) is 14.9 Å². The van der Waals surface area contributed by atoms with Crippen LogP contribution in [0.1, 0.15) is 46.6 Å². The Balaban J connectivity index is 1.49. The van der Waals surface area contributed by atoms with Gasteiger partial charge in [0.2, 0.25) is 5.95 Å². The molecule has 0 amide bonds. The van der Waals surface area contributed by atoms with Crippen molar-refractivity contribution in [3.8, 4) is 0 Å². The van der Waals surface area contributed by atoms with Crippen LogP contribution >= 0.6 is 0 Å². The zero-order valence-electron chi connectivity index (χ0n) is 24.7. The van der Waals surface area contributed by atoms with Gasteiger partial charge in [-0.05, 0) is 71.5 Å². The summed E-state index contributed by atoms with van der Waals surface area (Å²) in [4.78, 5) is 19.4. The number of ether oxygens (including phenoxy) is 2. The lowest BCUT2D eigenvalue weighted by Gasteiger charge is -2.46. The molecule has 0 radical (unpaired) electrons. The maximum absolute atomic E-state index is 6.35. The Kier molecular flexibility index (Phi) is 7.99. The Morgan fingerprint density at radius 1 is 1.25 bits per heavy atom. The zero-order chi connectivity index (χ0) is 28.5. The molecule has 9 nitrogen and oxygen atoms in total. The number of nitrogens with one attached hydrogen (secondary N) is 2. The van der Waals surface area contributed by atoms with Crippen molar-refractivity contribution in [1.29, 1.82) is 0 Å². The molecular weight excluding hydrogens is 502 g/mol. The van der Waals surface area contributed by atoms with E-state index in [1.807, 2.05) is 32.3 Å². The molecule has 0 spiro atoms. The lowest BCUT2D eigenvalue weighted by Crippen LogP contribution is -2.56. The highest BCUT2D eigenvalue weighted by molar-refractivity contribution is 6.08. The SMILES string of the molecule is C=C(CNC)/N=C(\C=C/C)N1c2nc(Nc3ccc(N4CCOC[C@H]4C)cc3)ncc2[C@@]2(C)COC(C)(C)C[C@@H]12. The Morgan fingerprint density at radius 3 is 2.73 bits per heavy atom. The fourth-order valence-electron chi connectivity index (χ4n) is 5.96. The van der Waals surface area contributed by atoms with E-state index in [2.05, 4.69) is 79.0 Å². The average Bonchev–Trinajstić information content (AvgIpc) is 3.16. The molecule has 3 atom stereocenters. The molecule has 0 saturated carbocycles. The number of benzene rings is 1. The molecule has 2 aromatic rings. The number of amidine groups is 1. The van der Waals surface area contributed by atoms with Crippen LogP contribution in [0.5, 0.6) is 0 Å².